The maximum atomic E-state index is 14.4. The van der Waals surface area contributed by atoms with Crippen LogP contribution in [-0.2, 0) is 47.7 Å². The molecule has 1 aliphatic carbocycles. The number of esters is 1. The smallest absolute Gasteiger partial charge is 0.329 e. The van der Waals surface area contributed by atoms with Gasteiger partial charge in [0, 0.05) is 58.5 Å². The molecule has 1 amide bonds. The third kappa shape index (κ3) is 14.3. The van der Waals surface area contributed by atoms with E-state index in [0.717, 1.165) is 12.0 Å². The Kier molecular flexibility index (Phi) is 21.0. The first-order valence-electron chi connectivity index (χ1n) is 23.9. The van der Waals surface area contributed by atoms with Crippen LogP contribution in [0.2, 0.25) is 0 Å². The molecule has 14 nitrogen and oxygen atoms in total. The average molecular weight is 914 g/mol. The number of carbonyl (C=O) groups is 5. The number of ketones is 3. The van der Waals surface area contributed by atoms with E-state index in [0.29, 0.717) is 63.4 Å². The van der Waals surface area contributed by atoms with Crippen LogP contribution >= 0.6 is 0 Å². The van der Waals surface area contributed by atoms with Gasteiger partial charge in [-0.1, -0.05) is 71.1 Å². The van der Waals surface area contributed by atoms with E-state index < -0.39 is 83.9 Å². The number of allylic oxidation sites excluding steroid dienone is 6. The Labute approximate surface area is 387 Å². The van der Waals surface area contributed by atoms with Crippen molar-refractivity contribution in [1.82, 2.24) is 4.90 Å². The van der Waals surface area contributed by atoms with Crippen molar-refractivity contribution in [1.29, 1.82) is 0 Å². The number of cyclic esters (lactones) is 1. The van der Waals surface area contributed by atoms with E-state index in [2.05, 4.69) is 0 Å². The molecule has 2 saturated heterocycles. The standard InChI is InChI=1S/C51H79NO13/c1-30-16-12-11-13-17-31(2)42(61-8)28-38-21-19-36(7)51(60,65-38)48(57)49(58)52-23-15-14-18-39(52)50(59)64-43(33(4)26-37-20-22-40(53)44(27-37)62-9)29-41(54)32(3)25-35(6)46(56)47(63-10)45(55)34(5)24-30/h11-13,16-17,25,30,33-40,42-44,46-47,53,56,60H,14-15,18-24,26-29H2,1-10H3/b13-11?,16-12?,31-17?,32-25+/t30-,33-,34-,35?,36-,37?,38+,39+,40-,42+,43?,44-,46-,47+,51-/m1/s1. The van der Waals surface area contributed by atoms with E-state index in [1.807, 2.05) is 58.1 Å². The predicted molar refractivity (Wildman–Crippen MR) is 245 cm³/mol. The quantitative estimate of drug-likeness (QED) is 0.202. The Bertz CT molecular complexity index is 1760. The van der Waals surface area contributed by atoms with Gasteiger partial charge in [-0.25, -0.2) is 4.79 Å². The van der Waals surface area contributed by atoms with Gasteiger partial charge in [0.25, 0.3) is 11.7 Å². The highest BCUT2D eigenvalue weighted by Gasteiger charge is 2.53. The minimum Gasteiger partial charge on any atom is -0.460 e. The lowest BCUT2D eigenvalue weighted by molar-refractivity contribution is -0.265. The van der Waals surface area contributed by atoms with Crippen molar-refractivity contribution in [2.75, 3.05) is 27.9 Å². The number of methoxy groups -OCH3 is 3. The highest BCUT2D eigenvalue weighted by molar-refractivity contribution is 6.39. The van der Waals surface area contributed by atoms with Gasteiger partial charge < -0.3 is 43.9 Å². The number of aliphatic hydroxyl groups is 3. The van der Waals surface area contributed by atoms with E-state index in [9.17, 15) is 39.3 Å². The number of ether oxygens (including phenoxy) is 5. The lowest BCUT2D eigenvalue weighted by atomic mass is 9.78. The van der Waals surface area contributed by atoms with Gasteiger partial charge in [0.15, 0.2) is 11.6 Å². The zero-order valence-corrected chi connectivity index (χ0v) is 40.6. The van der Waals surface area contributed by atoms with Crippen molar-refractivity contribution >= 4 is 29.2 Å². The number of carbonyl (C=O) groups excluding carboxylic acids is 5. The van der Waals surface area contributed by atoms with Crippen LogP contribution < -0.4 is 0 Å². The molecular weight excluding hydrogens is 835 g/mol. The van der Waals surface area contributed by atoms with Crippen LogP contribution in [0.3, 0.4) is 0 Å². The van der Waals surface area contributed by atoms with Crippen LogP contribution in [0.1, 0.15) is 126 Å². The molecule has 366 valence electrons. The normalized spacial score (nSPS) is 38.6. The second-order valence-corrected chi connectivity index (χ2v) is 19.6. The van der Waals surface area contributed by atoms with Crippen molar-refractivity contribution in [2.45, 2.75) is 180 Å². The third-order valence-corrected chi connectivity index (χ3v) is 14.5. The molecule has 1 saturated carbocycles. The SMILES string of the molecule is CO[C@H]1C[C@@H]2CC[C@@H](C)[C@@](O)(O2)C(=O)C(=O)N2CCCC[C@H]2C(=O)OC([C@H](C)CC2CC[C@@H](O)[C@H](OC)C2)CC(=O)/C(C)=C/C(C)[C@@H](O)[C@@H](OC)C(=O)[C@H](C)C[C@H](C)C=CC=CC=C1C. The summed E-state index contributed by atoms with van der Waals surface area (Å²) in [4.78, 5) is 71.7. The van der Waals surface area contributed by atoms with Crippen LogP contribution in [0.25, 0.3) is 0 Å². The second-order valence-electron chi connectivity index (χ2n) is 19.6. The van der Waals surface area contributed by atoms with Crippen molar-refractivity contribution in [3.8, 4) is 0 Å². The first kappa shape index (κ1) is 54.2. The van der Waals surface area contributed by atoms with Crippen LogP contribution in [0, 0.1) is 35.5 Å². The molecule has 3 N–H and O–H groups in total. The number of hydrogen-bond acceptors (Lipinski definition) is 13. The number of piperidine rings is 1. The minimum absolute atomic E-state index is 0.0220. The zero-order valence-electron chi connectivity index (χ0n) is 40.6. The van der Waals surface area contributed by atoms with Crippen molar-refractivity contribution in [3.05, 3.63) is 47.6 Å². The van der Waals surface area contributed by atoms with Gasteiger partial charge in [-0.05, 0) is 107 Å². The van der Waals surface area contributed by atoms with E-state index >= 15 is 0 Å². The predicted octanol–water partition coefficient (Wildman–Crippen LogP) is 6.18. The summed E-state index contributed by atoms with van der Waals surface area (Å²) in [5, 5.41) is 33.9. The number of hydrogen-bond donors (Lipinski definition) is 3. The minimum atomic E-state index is -2.43. The molecule has 3 unspecified atom stereocenters. The summed E-state index contributed by atoms with van der Waals surface area (Å²) < 4.78 is 29.4. The lowest BCUT2D eigenvalue weighted by Gasteiger charge is -2.42. The Balaban J connectivity index is 1.70. The topological polar surface area (TPSA) is 195 Å². The Hall–Kier alpha value is -3.37. The summed E-state index contributed by atoms with van der Waals surface area (Å²) in [6.45, 7) is 12.7. The fourth-order valence-electron chi connectivity index (χ4n) is 10.1. The van der Waals surface area contributed by atoms with Gasteiger partial charge in [-0.3, -0.25) is 19.2 Å². The molecule has 0 aromatic rings. The third-order valence-electron chi connectivity index (χ3n) is 14.5. The Morgan fingerprint density at radius 2 is 1.58 bits per heavy atom. The summed E-state index contributed by atoms with van der Waals surface area (Å²) >= 11 is 0. The fourth-order valence-corrected chi connectivity index (χ4v) is 10.1. The highest BCUT2D eigenvalue weighted by atomic mass is 16.6. The molecule has 0 aromatic carbocycles. The number of nitrogens with zero attached hydrogens (tertiary/aromatic N) is 1. The van der Waals surface area contributed by atoms with Gasteiger partial charge in [-0.15, -0.1) is 0 Å². The number of aliphatic hydroxyl groups excluding tert-OH is 2. The molecule has 0 spiro atoms. The Morgan fingerprint density at radius 3 is 2.26 bits per heavy atom. The molecule has 4 rings (SSSR count). The molecule has 4 aliphatic rings. The summed E-state index contributed by atoms with van der Waals surface area (Å²) in [5.41, 5.74) is 1.19. The van der Waals surface area contributed by atoms with E-state index in [-0.39, 0.29) is 54.8 Å². The molecule has 3 heterocycles. The van der Waals surface area contributed by atoms with Crippen LogP contribution in [0.15, 0.2) is 47.6 Å². The highest BCUT2D eigenvalue weighted by Crippen LogP contribution is 2.38. The molecular formula is C51H79NO13. The molecule has 0 aromatic heterocycles. The summed E-state index contributed by atoms with van der Waals surface area (Å²) in [5.74, 6) is -7.93. The monoisotopic (exact) mass is 914 g/mol. The zero-order chi connectivity index (χ0) is 48.2. The number of Topliss-reactive ketones (excluding diaryl/α,β-unsaturated/α-hetero) is 3. The fraction of sp³-hybridized carbons (Fsp3) is 0.745. The first-order valence-corrected chi connectivity index (χ1v) is 23.9. The van der Waals surface area contributed by atoms with Crippen LogP contribution in [0.4, 0.5) is 0 Å². The van der Waals surface area contributed by atoms with Gasteiger partial charge in [-0.2, -0.15) is 0 Å². The molecule has 3 aliphatic heterocycles. The summed E-state index contributed by atoms with van der Waals surface area (Å²) in [6, 6.07) is -1.14. The van der Waals surface area contributed by atoms with Crippen molar-refractivity contribution in [3.63, 3.8) is 0 Å². The molecule has 15 atom stereocenters. The number of rotatable bonds is 6. The molecule has 2 bridgehead atoms. The largest absolute Gasteiger partial charge is 0.460 e. The van der Waals surface area contributed by atoms with Crippen molar-refractivity contribution < 1.29 is 63.0 Å². The van der Waals surface area contributed by atoms with Crippen molar-refractivity contribution in [2.24, 2.45) is 35.5 Å². The molecule has 14 heteroatoms. The molecule has 0 radical (unpaired) electrons. The van der Waals surface area contributed by atoms with Crippen LogP contribution in [-0.4, -0.2) is 132 Å². The van der Waals surface area contributed by atoms with Gasteiger partial charge >= 0.3 is 5.97 Å². The molecule has 3 fully saturated rings. The summed E-state index contributed by atoms with van der Waals surface area (Å²) in [7, 11) is 4.53. The van der Waals surface area contributed by atoms with E-state index in [1.165, 1.54) is 12.0 Å². The first-order chi connectivity index (χ1) is 30.7. The van der Waals surface area contributed by atoms with E-state index in [4.69, 9.17) is 23.7 Å². The molecule has 65 heavy (non-hydrogen) atoms. The van der Waals surface area contributed by atoms with E-state index in [1.54, 1.807) is 41.1 Å². The lowest BCUT2D eigenvalue weighted by Crippen LogP contribution is -2.61. The summed E-state index contributed by atoms with van der Waals surface area (Å²) in [6.07, 6.45) is 11.2. The van der Waals surface area contributed by atoms with Gasteiger partial charge in [0.1, 0.15) is 18.2 Å². The van der Waals surface area contributed by atoms with Crippen LogP contribution in [0.5, 0.6) is 0 Å². The Morgan fingerprint density at radius 1 is 0.862 bits per heavy atom. The number of amides is 1. The van der Waals surface area contributed by atoms with Gasteiger partial charge in [0.05, 0.1) is 30.5 Å². The maximum absolute atomic E-state index is 14.4. The second kappa shape index (κ2) is 25.1. The van der Waals surface area contributed by atoms with Gasteiger partial charge in [0.2, 0.25) is 5.79 Å². The number of fused-ring (bicyclic) bond motifs is 3. The maximum Gasteiger partial charge on any atom is 0.329 e. The average Bonchev–Trinajstić information content (AvgIpc) is 3.28.